The summed E-state index contributed by atoms with van der Waals surface area (Å²) in [6.07, 6.45) is 2.13. The first-order valence-corrected chi connectivity index (χ1v) is 7.28. The standard InChI is InChI=1S/C10H10ClN5O4S/c1-19-7-3-8(20-2)15-10(14-7)16-21(17,18)6-4-12-9(11)13-5-6/h3-5H,1-2H3,(H,14,15,16). The van der Waals surface area contributed by atoms with Crippen molar-refractivity contribution in [2.45, 2.75) is 4.90 Å². The Labute approximate surface area is 125 Å². The third kappa shape index (κ3) is 3.67. The van der Waals surface area contributed by atoms with Gasteiger partial charge in [0.15, 0.2) is 0 Å². The van der Waals surface area contributed by atoms with Crippen LogP contribution in [-0.2, 0) is 10.0 Å². The fourth-order valence-electron chi connectivity index (χ4n) is 1.28. The van der Waals surface area contributed by atoms with Crippen LogP contribution in [0.4, 0.5) is 5.95 Å². The summed E-state index contributed by atoms with van der Waals surface area (Å²) in [6.45, 7) is 0. The number of hydrogen-bond donors (Lipinski definition) is 1. The minimum atomic E-state index is -3.95. The van der Waals surface area contributed by atoms with Crippen LogP contribution in [0.25, 0.3) is 0 Å². The van der Waals surface area contributed by atoms with Crippen LogP contribution in [0.5, 0.6) is 11.8 Å². The fraction of sp³-hybridized carbons (Fsp3) is 0.200. The molecule has 112 valence electrons. The number of sulfonamides is 1. The van der Waals surface area contributed by atoms with E-state index in [1.54, 1.807) is 0 Å². The van der Waals surface area contributed by atoms with Gasteiger partial charge in [-0.1, -0.05) is 0 Å². The predicted molar refractivity (Wildman–Crippen MR) is 73.0 cm³/mol. The van der Waals surface area contributed by atoms with Crippen molar-refractivity contribution < 1.29 is 17.9 Å². The Hall–Kier alpha value is -2.20. The molecule has 21 heavy (non-hydrogen) atoms. The predicted octanol–water partition coefficient (Wildman–Crippen LogP) is 0.738. The van der Waals surface area contributed by atoms with Gasteiger partial charge in [0, 0.05) is 0 Å². The second-order valence-corrected chi connectivity index (χ2v) is 5.59. The number of halogens is 1. The van der Waals surface area contributed by atoms with Gasteiger partial charge in [0.1, 0.15) is 4.90 Å². The fourth-order valence-corrected chi connectivity index (χ4v) is 2.21. The number of methoxy groups -OCH3 is 2. The first-order valence-electron chi connectivity index (χ1n) is 5.42. The molecule has 0 amide bonds. The quantitative estimate of drug-likeness (QED) is 0.797. The second-order valence-electron chi connectivity index (χ2n) is 3.57. The molecule has 0 saturated heterocycles. The molecule has 0 aliphatic carbocycles. The Kier molecular flexibility index (Phi) is 4.38. The Morgan fingerprint density at radius 3 is 2.10 bits per heavy atom. The normalized spacial score (nSPS) is 11.0. The lowest BCUT2D eigenvalue weighted by Gasteiger charge is -2.08. The van der Waals surface area contributed by atoms with Crippen molar-refractivity contribution in [1.29, 1.82) is 0 Å². The van der Waals surface area contributed by atoms with Gasteiger partial charge in [-0.15, -0.1) is 0 Å². The molecule has 0 spiro atoms. The average molecular weight is 332 g/mol. The van der Waals surface area contributed by atoms with Crippen molar-refractivity contribution in [2.24, 2.45) is 0 Å². The van der Waals surface area contributed by atoms with Crippen molar-refractivity contribution in [1.82, 2.24) is 19.9 Å². The van der Waals surface area contributed by atoms with E-state index in [0.29, 0.717) is 0 Å². The van der Waals surface area contributed by atoms with Gasteiger partial charge in [0.2, 0.25) is 23.0 Å². The maximum atomic E-state index is 12.1. The van der Waals surface area contributed by atoms with Crippen molar-refractivity contribution >= 4 is 27.6 Å². The zero-order chi connectivity index (χ0) is 15.5. The van der Waals surface area contributed by atoms with E-state index >= 15 is 0 Å². The highest BCUT2D eigenvalue weighted by Gasteiger charge is 2.18. The lowest BCUT2D eigenvalue weighted by Crippen LogP contribution is -2.16. The first kappa shape index (κ1) is 15.2. The molecule has 0 fully saturated rings. The van der Waals surface area contributed by atoms with Gasteiger partial charge in [0.25, 0.3) is 10.0 Å². The minimum absolute atomic E-state index is 0.0618. The van der Waals surface area contributed by atoms with Gasteiger partial charge in [-0.25, -0.2) is 23.1 Å². The highest BCUT2D eigenvalue weighted by molar-refractivity contribution is 7.92. The molecule has 0 aromatic carbocycles. The molecular formula is C10H10ClN5O4S. The van der Waals surface area contributed by atoms with E-state index in [-0.39, 0.29) is 27.9 Å². The Balaban J connectivity index is 2.34. The van der Waals surface area contributed by atoms with E-state index in [9.17, 15) is 8.42 Å². The molecule has 2 rings (SSSR count). The number of nitrogens with one attached hydrogen (secondary N) is 1. The Morgan fingerprint density at radius 1 is 1.10 bits per heavy atom. The minimum Gasteiger partial charge on any atom is -0.481 e. The van der Waals surface area contributed by atoms with E-state index < -0.39 is 10.0 Å². The second kappa shape index (κ2) is 6.06. The average Bonchev–Trinajstić information content (AvgIpc) is 2.46. The SMILES string of the molecule is COc1cc(OC)nc(NS(=O)(=O)c2cnc(Cl)nc2)n1. The summed E-state index contributed by atoms with van der Waals surface area (Å²) >= 11 is 5.51. The van der Waals surface area contributed by atoms with Gasteiger partial charge in [-0.2, -0.15) is 9.97 Å². The zero-order valence-corrected chi connectivity index (χ0v) is 12.5. The molecule has 0 bridgehead atoms. The summed E-state index contributed by atoms with van der Waals surface area (Å²) in [5.74, 6) is 0.0833. The number of anilines is 1. The molecule has 2 heterocycles. The molecule has 9 nitrogen and oxygen atoms in total. The molecule has 0 aliphatic rings. The highest BCUT2D eigenvalue weighted by atomic mass is 35.5. The van der Waals surface area contributed by atoms with E-state index in [0.717, 1.165) is 12.4 Å². The Bertz CT molecular complexity index is 715. The molecular weight excluding hydrogens is 322 g/mol. The Morgan fingerprint density at radius 2 is 1.62 bits per heavy atom. The summed E-state index contributed by atoms with van der Waals surface area (Å²) in [6, 6.07) is 1.41. The monoisotopic (exact) mass is 331 g/mol. The van der Waals surface area contributed by atoms with Crippen LogP contribution < -0.4 is 14.2 Å². The summed E-state index contributed by atoms with van der Waals surface area (Å²) in [4.78, 5) is 14.7. The van der Waals surface area contributed by atoms with Gasteiger partial charge < -0.3 is 9.47 Å². The maximum Gasteiger partial charge on any atom is 0.267 e. The van der Waals surface area contributed by atoms with E-state index in [2.05, 4.69) is 24.7 Å². The molecule has 0 atom stereocenters. The van der Waals surface area contributed by atoms with Crippen LogP contribution in [-0.4, -0.2) is 42.6 Å². The van der Waals surface area contributed by atoms with Gasteiger partial charge in [-0.05, 0) is 11.6 Å². The van der Waals surface area contributed by atoms with Crippen molar-refractivity contribution in [3.63, 3.8) is 0 Å². The number of rotatable bonds is 5. The molecule has 0 radical (unpaired) electrons. The van der Waals surface area contributed by atoms with Gasteiger partial charge in [-0.3, -0.25) is 0 Å². The van der Waals surface area contributed by atoms with E-state index in [4.69, 9.17) is 21.1 Å². The van der Waals surface area contributed by atoms with Crippen molar-refractivity contribution in [3.05, 3.63) is 23.7 Å². The molecule has 2 aromatic heterocycles. The third-order valence-corrected chi connectivity index (χ3v) is 3.71. The number of nitrogens with zero attached hydrogens (tertiary/aromatic N) is 4. The molecule has 11 heteroatoms. The van der Waals surface area contributed by atoms with Crippen LogP contribution >= 0.6 is 11.6 Å². The molecule has 1 N–H and O–H groups in total. The zero-order valence-electron chi connectivity index (χ0n) is 10.9. The van der Waals surface area contributed by atoms with Gasteiger partial charge in [0.05, 0.1) is 32.7 Å². The summed E-state index contributed by atoms with van der Waals surface area (Å²) in [5.41, 5.74) is 0. The lowest BCUT2D eigenvalue weighted by atomic mass is 10.6. The van der Waals surface area contributed by atoms with Crippen molar-refractivity contribution in [3.8, 4) is 11.8 Å². The molecule has 0 aliphatic heterocycles. The van der Waals surface area contributed by atoms with Crippen LogP contribution in [0.3, 0.4) is 0 Å². The van der Waals surface area contributed by atoms with Crippen LogP contribution in [0.2, 0.25) is 5.28 Å². The van der Waals surface area contributed by atoms with Crippen LogP contribution in [0.1, 0.15) is 0 Å². The van der Waals surface area contributed by atoms with E-state index in [1.807, 2.05) is 0 Å². The summed E-state index contributed by atoms with van der Waals surface area (Å²) in [5, 5.41) is -0.0618. The summed E-state index contributed by atoms with van der Waals surface area (Å²) < 4.78 is 36.3. The lowest BCUT2D eigenvalue weighted by molar-refractivity contribution is 0.373. The number of ether oxygens (including phenoxy) is 2. The largest absolute Gasteiger partial charge is 0.481 e. The number of hydrogen-bond acceptors (Lipinski definition) is 8. The van der Waals surface area contributed by atoms with Gasteiger partial charge >= 0.3 is 0 Å². The maximum absolute atomic E-state index is 12.1. The van der Waals surface area contributed by atoms with Crippen LogP contribution in [0, 0.1) is 0 Å². The molecule has 0 unspecified atom stereocenters. The molecule has 0 saturated carbocycles. The van der Waals surface area contributed by atoms with Crippen molar-refractivity contribution in [2.75, 3.05) is 18.9 Å². The smallest absolute Gasteiger partial charge is 0.267 e. The molecule has 2 aromatic rings. The third-order valence-electron chi connectivity index (χ3n) is 2.23. The van der Waals surface area contributed by atoms with E-state index in [1.165, 1.54) is 20.3 Å². The highest BCUT2D eigenvalue weighted by Crippen LogP contribution is 2.19. The first-order chi connectivity index (χ1) is 9.94. The topological polar surface area (TPSA) is 116 Å². The van der Waals surface area contributed by atoms with Crippen LogP contribution in [0.15, 0.2) is 23.4 Å². The summed E-state index contributed by atoms with van der Waals surface area (Å²) in [7, 11) is -1.19. The number of aromatic nitrogens is 4.